The smallest absolute Gasteiger partial charge is 0.0644 e. The van der Waals surface area contributed by atoms with Crippen molar-refractivity contribution in [2.24, 2.45) is 0 Å². The SMILES string of the molecule is c1ccc(N(c2ccc(-c3ccc4ccc5c(-c6ccc(N(c7ccccc7)c7cccnc7)cc6)ccc6ccc3c4c65)cc2)c2cccnc2)cc1. The Morgan fingerprint density at radius 2 is 0.667 bits per heavy atom. The van der Waals surface area contributed by atoms with Gasteiger partial charge in [0.25, 0.3) is 0 Å². The van der Waals surface area contributed by atoms with Gasteiger partial charge in [-0.25, -0.2) is 0 Å². The van der Waals surface area contributed by atoms with Crippen LogP contribution in [-0.2, 0) is 0 Å². The van der Waals surface area contributed by atoms with E-state index in [1.807, 2.05) is 49.1 Å². The Bertz CT molecular complexity index is 2560. The van der Waals surface area contributed by atoms with Crippen molar-refractivity contribution >= 4 is 66.4 Å². The van der Waals surface area contributed by atoms with Gasteiger partial charge in [0, 0.05) is 35.1 Å². The lowest BCUT2D eigenvalue weighted by molar-refractivity contribution is 1.23. The maximum Gasteiger partial charge on any atom is 0.0644 e. The molecular weight excluding hydrogens is 657 g/mol. The van der Waals surface area contributed by atoms with Crippen molar-refractivity contribution in [3.63, 3.8) is 0 Å². The Kier molecular flexibility index (Phi) is 7.77. The van der Waals surface area contributed by atoms with Crippen molar-refractivity contribution < 1.29 is 0 Å². The van der Waals surface area contributed by atoms with Crippen LogP contribution in [0.15, 0.2) is 207 Å². The van der Waals surface area contributed by atoms with Crippen LogP contribution in [0.25, 0.3) is 54.6 Å². The Labute approximate surface area is 314 Å². The fraction of sp³-hybridized carbons (Fsp3) is 0. The van der Waals surface area contributed by atoms with Crippen LogP contribution < -0.4 is 9.80 Å². The number of anilines is 6. The molecule has 0 saturated heterocycles. The molecule has 0 fully saturated rings. The zero-order chi connectivity index (χ0) is 35.8. The molecule has 0 N–H and O–H groups in total. The van der Waals surface area contributed by atoms with Crippen molar-refractivity contribution in [1.29, 1.82) is 0 Å². The van der Waals surface area contributed by atoms with Crippen molar-refractivity contribution in [3.05, 3.63) is 207 Å². The second-order valence-electron chi connectivity index (χ2n) is 13.5. The zero-order valence-electron chi connectivity index (χ0n) is 29.4. The summed E-state index contributed by atoms with van der Waals surface area (Å²) in [6.45, 7) is 0. The lowest BCUT2D eigenvalue weighted by atomic mass is 9.87. The second-order valence-corrected chi connectivity index (χ2v) is 13.5. The van der Waals surface area contributed by atoms with E-state index in [1.165, 1.54) is 54.6 Å². The predicted molar refractivity (Wildman–Crippen MR) is 226 cm³/mol. The molecule has 2 aromatic heterocycles. The van der Waals surface area contributed by atoms with Gasteiger partial charge in [0.2, 0.25) is 0 Å². The summed E-state index contributed by atoms with van der Waals surface area (Å²) in [7, 11) is 0. The van der Waals surface area contributed by atoms with Crippen LogP contribution in [-0.4, -0.2) is 9.97 Å². The fourth-order valence-electron chi connectivity index (χ4n) is 7.91. The van der Waals surface area contributed by atoms with Gasteiger partial charge in [-0.3, -0.25) is 9.97 Å². The minimum absolute atomic E-state index is 1.02. The number of hydrogen-bond donors (Lipinski definition) is 0. The third-order valence-corrected chi connectivity index (χ3v) is 10.4. The average molecular weight is 691 g/mol. The molecule has 0 aliphatic carbocycles. The van der Waals surface area contributed by atoms with Gasteiger partial charge in [0.15, 0.2) is 0 Å². The van der Waals surface area contributed by atoms with Crippen LogP contribution >= 0.6 is 0 Å². The summed E-state index contributed by atoms with van der Waals surface area (Å²) in [5.74, 6) is 0. The van der Waals surface area contributed by atoms with Gasteiger partial charge in [-0.05, 0) is 127 Å². The highest BCUT2D eigenvalue weighted by molar-refractivity contribution is 6.27. The molecule has 10 rings (SSSR count). The predicted octanol–water partition coefficient (Wildman–Crippen LogP) is 13.6. The number of aromatic nitrogens is 2. The lowest BCUT2D eigenvalue weighted by Gasteiger charge is -2.25. The Hall–Kier alpha value is -7.30. The van der Waals surface area contributed by atoms with Crippen LogP contribution in [0.2, 0.25) is 0 Å². The average Bonchev–Trinajstić information content (AvgIpc) is 3.25. The van der Waals surface area contributed by atoms with E-state index in [9.17, 15) is 0 Å². The Morgan fingerprint density at radius 3 is 1.06 bits per heavy atom. The number of para-hydroxylation sites is 2. The molecule has 4 heteroatoms. The molecule has 8 aromatic carbocycles. The molecule has 254 valence electrons. The third kappa shape index (κ3) is 5.49. The molecule has 0 spiro atoms. The number of nitrogens with zero attached hydrogens (tertiary/aromatic N) is 4. The quantitative estimate of drug-likeness (QED) is 0.149. The first kappa shape index (κ1) is 31.4. The van der Waals surface area contributed by atoms with E-state index < -0.39 is 0 Å². The third-order valence-electron chi connectivity index (χ3n) is 10.4. The minimum atomic E-state index is 1.02. The number of rotatable bonds is 8. The molecule has 10 aromatic rings. The minimum Gasteiger partial charge on any atom is -0.309 e. The first-order chi connectivity index (χ1) is 26.8. The van der Waals surface area contributed by atoms with Gasteiger partial charge >= 0.3 is 0 Å². The van der Waals surface area contributed by atoms with Crippen molar-refractivity contribution in [2.75, 3.05) is 9.80 Å². The molecule has 0 amide bonds. The largest absolute Gasteiger partial charge is 0.309 e. The van der Waals surface area contributed by atoms with Gasteiger partial charge in [-0.2, -0.15) is 0 Å². The molecule has 0 saturated carbocycles. The molecule has 0 radical (unpaired) electrons. The molecule has 0 unspecified atom stereocenters. The highest BCUT2D eigenvalue weighted by Crippen LogP contribution is 2.44. The summed E-state index contributed by atoms with van der Waals surface area (Å²) >= 11 is 0. The summed E-state index contributed by atoms with van der Waals surface area (Å²) in [4.78, 5) is 13.3. The van der Waals surface area contributed by atoms with Crippen LogP contribution in [0, 0.1) is 0 Å². The first-order valence-corrected chi connectivity index (χ1v) is 18.2. The van der Waals surface area contributed by atoms with Gasteiger partial charge in [0.05, 0.1) is 23.8 Å². The van der Waals surface area contributed by atoms with E-state index in [2.05, 4.69) is 177 Å². The van der Waals surface area contributed by atoms with E-state index >= 15 is 0 Å². The summed E-state index contributed by atoms with van der Waals surface area (Å²) in [5, 5.41) is 7.62. The first-order valence-electron chi connectivity index (χ1n) is 18.2. The van der Waals surface area contributed by atoms with Crippen molar-refractivity contribution in [1.82, 2.24) is 9.97 Å². The summed E-state index contributed by atoms with van der Waals surface area (Å²) in [6, 6.07) is 65.1. The van der Waals surface area contributed by atoms with Crippen molar-refractivity contribution in [2.45, 2.75) is 0 Å². The highest BCUT2D eigenvalue weighted by Gasteiger charge is 2.18. The van der Waals surface area contributed by atoms with Gasteiger partial charge < -0.3 is 9.80 Å². The molecule has 4 nitrogen and oxygen atoms in total. The maximum absolute atomic E-state index is 4.41. The lowest BCUT2D eigenvalue weighted by Crippen LogP contribution is -2.09. The number of pyridine rings is 2. The normalized spacial score (nSPS) is 11.3. The van der Waals surface area contributed by atoms with Crippen LogP contribution in [0.3, 0.4) is 0 Å². The number of hydrogen-bond acceptors (Lipinski definition) is 4. The molecule has 54 heavy (non-hydrogen) atoms. The zero-order valence-corrected chi connectivity index (χ0v) is 29.4. The fourth-order valence-corrected chi connectivity index (χ4v) is 7.91. The molecule has 0 atom stereocenters. The molecule has 0 aliphatic heterocycles. The van der Waals surface area contributed by atoms with E-state index in [-0.39, 0.29) is 0 Å². The van der Waals surface area contributed by atoms with Gasteiger partial charge in [0.1, 0.15) is 0 Å². The van der Waals surface area contributed by atoms with Gasteiger partial charge in [-0.1, -0.05) is 109 Å². The maximum atomic E-state index is 4.41. The molecular formula is C50H34N4. The van der Waals surface area contributed by atoms with Crippen LogP contribution in [0.4, 0.5) is 34.1 Å². The van der Waals surface area contributed by atoms with Crippen LogP contribution in [0.5, 0.6) is 0 Å². The number of benzene rings is 8. The summed E-state index contributed by atoms with van der Waals surface area (Å²) in [5.41, 5.74) is 11.2. The van der Waals surface area contributed by atoms with Crippen LogP contribution in [0.1, 0.15) is 0 Å². The van der Waals surface area contributed by atoms with E-state index in [0.29, 0.717) is 0 Å². The molecule has 2 heterocycles. The summed E-state index contributed by atoms with van der Waals surface area (Å²) in [6.07, 6.45) is 7.44. The monoisotopic (exact) mass is 690 g/mol. The Balaban J connectivity index is 1.05. The topological polar surface area (TPSA) is 32.3 Å². The highest BCUT2D eigenvalue weighted by atomic mass is 15.2. The van der Waals surface area contributed by atoms with Crippen molar-refractivity contribution in [3.8, 4) is 22.3 Å². The van der Waals surface area contributed by atoms with Gasteiger partial charge in [-0.15, -0.1) is 0 Å². The van der Waals surface area contributed by atoms with E-state index in [1.54, 1.807) is 0 Å². The standard InChI is InChI=1S/C50H34N4/c1-3-9-39(10-4-1)53(43-13-7-31-51-33-43)41-23-15-35(16-24-41)45-27-19-37-22-30-48-46(28-20-38-21-29-47(45)49(37)50(38)48)36-17-25-42(26-18-36)54(40-11-5-2-6-12-40)44-14-8-32-52-34-44/h1-34H. The molecule has 0 aliphatic rings. The van der Waals surface area contributed by atoms with E-state index in [4.69, 9.17) is 0 Å². The van der Waals surface area contributed by atoms with E-state index in [0.717, 1.165) is 34.1 Å². The summed E-state index contributed by atoms with van der Waals surface area (Å²) < 4.78 is 0. The second kappa shape index (κ2) is 13.4. The Morgan fingerprint density at radius 1 is 0.296 bits per heavy atom. The molecule has 0 bridgehead atoms.